The van der Waals surface area contributed by atoms with Crippen molar-refractivity contribution in [2.24, 2.45) is 0 Å². The summed E-state index contributed by atoms with van der Waals surface area (Å²) in [5.74, 6) is -1.60. The van der Waals surface area contributed by atoms with E-state index < -0.39 is 24.5 Å². The molecule has 3 rings (SSSR count). The smallest absolute Gasteiger partial charge is 0.341 e. The van der Waals surface area contributed by atoms with E-state index >= 15 is 0 Å². The Kier molecular flexibility index (Phi) is 6.70. The van der Waals surface area contributed by atoms with E-state index in [2.05, 4.69) is 5.32 Å². The molecule has 1 aromatic heterocycles. The van der Waals surface area contributed by atoms with Crippen molar-refractivity contribution in [1.82, 2.24) is 0 Å². The zero-order valence-electron chi connectivity index (χ0n) is 15.4. The number of esters is 2. The minimum atomic E-state index is -0.645. The first kappa shape index (κ1) is 20.4. The van der Waals surface area contributed by atoms with Crippen LogP contribution in [0.4, 0.5) is 5.00 Å². The average molecular weight is 422 g/mol. The summed E-state index contributed by atoms with van der Waals surface area (Å²) in [4.78, 5) is 37.8. The molecule has 1 aliphatic carbocycles. The summed E-state index contributed by atoms with van der Waals surface area (Å²) in [6.45, 7) is 1.54. The molecule has 0 spiro atoms. The maximum atomic E-state index is 12.4. The fourth-order valence-electron chi connectivity index (χ4n) is 3.07. The lowest BCUT2D eigenvalue weighted by atomic mass is 9.95. The van der Waals surface area contributed by atoms with E-state index in [1.54, 1.807) is 25.1 Å². The summed E-state index contributed by atoms with van der Waals surface area (Å²) in [5, 5.41) is 3.56. The third-order valence-corrected chi connectivity index (χ3v) is 5.74. The predicted molar refractivity (Wildman–Crippen MR) is 107 cm³/mol. The fourth-order valence-corrected chi connectivity index (χ4v) is 4.55. The molecular weight excluding hydrogens is 402 g/mol. The lowest BCUT2D eigenvalue weighted by molar-refractivity contribution is -0.119. The molecule has 1 N–H and O–H groups in total. The molecule has 0 fully saturated rings. The Morgan fingerprint density at radius 3 is 2.68 bits per heavy atom. The number of carbonyl (C=O) groups is 3. The van der Waals surface area contributed by atoms with E-state index in [4.69, 9.17) is 21.1 Å². The Morgan fingerprint density at radius 1 is 1.14 bits per heavy atom. The van der Waals surface area contributed by atoms with Crippen molar-refractivity contribution >= 4 is 45.8 Å². The van der Waals surface area contributed by atoms with E-state index in [0.29, 0.717) is 15.6 Å². The monoisotopic (exact) mass is 421 g/mol. The van der Waals surface area contributed by atoms with Crippen LogP contribution in [-0.4, -0.2) is 31.1 Å². The van der Waals surface area contributed by atoms with Gasteiger partial charge in [0.1, 0.15) is 5.00 Å². The van der Waals surface area contributed by atoms with Gasteiger partial charge in [-0.25, -0.2) is 9.59 Å². The highest BCUT2D eigenvalue weighted by atomic mass is 35.5. The van der Waals surface area contributed by atoms with Crippen LogP contribution >= 0.6 is 22.9 Å². The number of aryl methyl sites for hydroxylation is 1. The standard InChI is InChI=1S/C20H20ClNO5S/c1-2-26-20(25)17-14-8-3-4-9-15(14)28-18(17)22-16(23)11-27-19(24)12-6-5-7-13(21)10-12/h5-7,10H,2-4,8-9,11H2,1H3,(H,22,23). The van der Waals surface area contributed by atoms with Crippen LogP contribution in [-0.2, 0) is 27.1 Å². The van der Waals surface area contributed by atoms with E-state index in [1.165, 1.54) is 17.4 Å². The molecule has 1 aliphatic rings. The Labute approximate surface area is 171 Å². The summed E-state index contributed by atoms with van der Waals surface area (Å²) in [5.41, 5.74) is 1.65. The van der Waals surface area contributed by atoms with Gasteiger partial charge in [0, 0.05) is 9.90 Å². The largest absolute Gasteiger partial charge is 0.462 e. The van der Waals surface area contributed by atoms with Crippen LogP contribution in [0.15, 0.2) is 24.3 Å². The first-order valence-corrected chi connectivity index (χ1v) is 10.2. The number of thiophene rings is 1. The molecule has 0 unspecified atom stereocenters. The molecule has 0 saturated heterocycles. The van der Waals surface area contributed by atoms with Crippen LogP contribution in [0.1, 0.15) is 50.9 Å². The van der Waals surface area contributed by atoms with Crippen molar-refractivity contribution in [2.75, 3.05) is 18.5 Å². The van der Waals surface area contributed by atoms with Crippen molar-refractivity contribution in [2.45, 2.75) is 32.6 Å². The van der Waals surface area contributed by atoms with E-state index in [0.717, 1.165) is 36.1 Å². The number of halogens is 1. The molecule has 8 heteroatoms. The Bertz CT molecular complexity index is 908. The maximum absolute atomic E-state index is 12.4. The number of hydrogen-bond donors (Lipinski definition) is 1. The molecule has 0 aliphatic heterocycles. The number of ether oxygens (including phenoxy) is 2. The Hall–Kier alpha value is -2.38. The van der Waals surface area contributed by atoms with Gasteiger partial charge in [0.25, 0.3) is 5.91 Å². The lowest BCUT2D eigenvalue weighted by Gasteiger charge is -2.12. The zero-order valence-corrected chi connectivity index (χ0v) is 17.0. The SMILES string of the molecule is CCOC(=O)c1c(NC(=O)COC(=O)c2cccc(Cl)c2)sc2c1CCCC2. The summed E-state index contributed by atoms with van der Waals surface area (Å²) in [7, 11) is 0. The molecule has 1 heterocycles. The molecule has 0 saturated carbocycles. The number of hydrogen-bond acceptors (Lipinski definition) is 6. The molecule has 28 heavy (non-hydrogen) atoms. The summed E-state index contributed by atoms with van der Waals surface area (Å²) >= 11 is 7.24. The molecule has 0 atom stereocenters. The highest BCUT2D eigenvalue weighted by Crippen LogP contribution is 2.38. The van der Waals surface area contributed by atoms with Gasteiger partial charge < -0.3 is 14.8 Å². The number of nitrogens with one attached hydrogen (secondary N) is 1. The van der Waals surface area contributed by atoms with Gasteiger partial charge in [0.05, 0.1) is 17.7 Å². The van der Waals surface area contributed by atoms with Crippen molar-refractivity contribution in [3.8, 4) is 0 Å². The Morgan fingerprint density at radius 2 is 1.93 bits per heavy atom. The van der Waals surface area contributed by atoms with Gasteiger partial charge in [-0.05, 0) is 56.4 Å². The van der Waals surface area contributed by atoms with E-state index in [9.17, 15) is 14.4 Å². The zero-order chi connectivity index (χ0) is 20.1. The van der Waals surface area contributed by atoms with Crippen molar-refractivity contribution in [3.63, 3.8) is 0 Å². The topological polar surface area (TPSA) is 81.7 Å². The lowest BCUT2D eigenvalue weighted by Crippen LogP contribution is -2.22. The number of rotatable bonds is 6. The molecule has 1 amide bonds. The maximum Gasteiger partial charge on any atom is 0.341 e. The van der Waals surface area contributed by atoms with Crippen molar-refractivity contribution in [1.29, 1.82) is 0 Å². The van der Waals surface area contributed by atoms with Crippen LogP contribution in [0.3, 0.4) is 0 Å². The fraction of sp³-hybridized carbons (Fsp3) is 0.350. The number of carbonyl (C=O) groups excluding carboxylic acids is 3. The quantitative estimate of drug-likeness (QED) is 0.705. The third-order valence-electron chi connectivity index (χ3n) is 4.30. The molecule has 0 radical (unpaired) electrons. The number of fused-ring (bicyclic) bond motifs is 1. The second-order valence-corrected chi connectivity index (χ2v) is 7.81. The second-order valence-electron chi connectivity index (χ2n) is 6.27. The van der Waals surface area contributed by atoms with Crippen molar-refractivity contribution in [3.05, 3.63) is 50.9 Å². The van der Waals surface area contributed by atoms with Crippen LogP contribution in [0.25, 0.3) is 0 Å². The molecule has 0 bridgehead atoms. The van der Waals surface area contributed by atoms with Crippen molar-refractivity contribution < 1.29 is 23.9 Å². The number of benzene rings is 1. The highest BCUT2D eigenvalue weighted by Gasteiger charge is 2.27. The number of amides is 1. The van der Waals surface area contributed by atoms with Gasteiger partial charge in [-0.1, -0.05) is 17.7 Å². The summed E-state index contributed by atoms with van der Waals surface area (Å²) < 4.78 is 10.2. The predicted octanol–water partition coefficient (Wildman–Crippen LogP) is 4.25. The van der Waals surface area contributed by atoms with Gasteiger partial charge in [0.2, 0.25) is 0 Å². The van der Waals surface area contributed by atoms with Gasteiger partial charge in [-0.2, -0.15) is 0 Å². The molecule has 2 aromatic rings. The molecule has 148 valence electrons. The van der Waals surface area contributed by atoms with E-state index in [1.807, 2.05) is 0 Å². The van der Waals surface area contributed by atoms with Crippen LogP contribution < -0.4 is 5.32 Å². The van der Waals surface area contributed by atoms with Crippen LogP contribution in [0.2, 0.25) is 5.02 Å². The Balaban J connectivity index is 1.69. The van der Waals surface area contributed by atoms with Gasteiger partial charge in [0.15, 0.2) is 6.61 Å². The highest BCUT2D eigenvalue weighted by molar-refractivity contribution is 7.17. The minimum absolute atomic E-state index is 0.258. The van der Waals surface area contributed by atoms with Crippen LogP contribution in [0.5, 0.6) is 0 Å². The minimum Gasteiger partial charge on any atom is -0.462 e. The van der Waals surface area contributed by atoms with Gasteiger partial charge in [-0.3, -0.25) is 4.79 Å². The summed E-state index contributed by atoms with van der Waals surface area (Å²) in [6.07, 6.45) is 3.73. The first-order chi connectivity index (χ1) is 13.5. The van der Waals surface area contributed by atoms with E-state index in [-0.39, 0.29) is 12.2 Å². The first-order valence-electron chi connectivity index (χ1n) is 9.03. The average Bonchev–Trinajstić information content (AvgIpc) is 3.04. The van der Waals surface area contributed by atoms with Crippen LogP contribution in [0, 0.1) is 0 Å². The van der Waals surface area contributed by atoms with Gasteiger partial charge >= 0.3 is 11.9 Å². The second kappa shape index (κ2) is 9.21. The molecular formula is C20H20ClNO5S. The van der Waals surface area contributed by atoms with Gasteiger partial charge in [-0.15, -0.1) is 11.3 Å². The third kappa shape index (κ3) is 4.72. The number of anilines is 1. The molecule has 1 aromatic carbocycles. The normalized spacial score (nSPS) is 12.8. The summed E-state index contributed by atoms with van der Waals surface area (Å²) in [6, 6.07) is 6.29. The molecule has 6 nitrogen and oxygen atoms in total.